The lowest BCUT2D eigenvalue weighted by Gasteiger charge is -2.27. The van der Waals surface area contributed by atoms with Crippen molar-refractivity contribution in [3.05, 3.63) is 215 Å². The normalized spacial score (nSPS) is 12.3. The second-order valence-electron chi connectivity index (χ2n) is 16.0. The van der Waals surface area contributed by atoms with Crippen molar-refractivity contribution in [1.82, 2.24) is 20.6 Å². The molecule has 0 aliphatic rings. The highest BCUT2D eigenvalue weighted by atomic mass is 16.5. The number of hydrogen-bond donors (Lipinski definition) is 4. The number of carboxylic acid groups (broad SMARTS) is 2. The number of oxazole rings is 2. The minimum Gasteiger partial charge on any atom is -0.493 e. The molecule has 0 aliphatic carbocycles. The Labute approximate surface area is 390 Å². The molecule has 8 rings (SSSR count). The van der Waals surface area contributed by atoms with Gasteiger partial charge in [-0.15, -0.1) is 0 Å². The highest BCUT2D eigenvalue weighted by Crippen LogP contribution is 2.25. The molecule has 2 aromatic heterocycles. The van der Waals surface area contributed by atoms with Crippen LogP contribution in [-0.2, 0) is 41.1 Å². The lowest BCUT2D eigenvalue weighted by Crippen LogP contribution is -2.46. The van der Waals surface area contributed by atoms with E-state index in [0.717, 1.165) is 62.2 Å². The standard InChI is InChI=1S/C28H28N2O4.C27H26N2O4/c1-20-25(30-26(34-20)22-9-5-3-6-10-22)17-18-33-24-15-13-21(14-16-24)19-29-28(2,27(31)32)23-11-7-4-8-12-23;1-19-24(29-26(33-19)22-10-6-3-7-11-22)16-17-32-23-14-12-20(13-15-23)18-28-25(27(30)31)21-8-4-2-5-9-21/h3-16,29H,17-19H2,1-2H3,(H,31,32);2-15,25,28H,16-18H2,1H3,(H,30,31). The molecular weight excluding hydrogens is 845 g/mol. The number of benzene rings is 6. The van der Waals surface area contributed by atoms with E-state index in [1.807, 2.05) is 184 Å². The van der Waals surface area contributed by atoms with Gasteiger partial charge in [-0.3, -0.25) is 15.4 Å². The molecule has 0 aliphatic heterocycles. The molecule has 6 aromatic carbocycles. The third kappa shape index (κ3) is 12.9. The van der Waals surface area contributed by atoms with Crippen molar-refractivity contribution in [2.75, 3.05) is 13.2 Å². The van der Waals surface area contributed by atoms with E-state index in [1.165, 1.54) is 0 Å². The first-order valence-corrected chi connectivity index (χ1v) is 22.1. The van der Waals surface area contributed by atoms with Crippen molar-refractivity contribution < 1.29 is 38.1 Å². The number of nitrogens with one attached hydrogen (secondary N) is 2. The predicted molar refractivity (Wildman–Crippen MR) is 257 cm³/mol. The fourth-order valence-corrected chi connectivity index (χ4v) is 7.23. The monoisotopic (exact) mass is 898 g/mol. The molecule has 12 heteroatoms. The molecule has 0 spiro atoms. The number of aromatic nitrogens is 2. The summed E-state index contributed by atoms with van der Waals surface area (Å²) in [6.07, 6.45) is 1.28. The molecule has 4 N–H and O–H groups in total. The Hall–Kier alpha value is -7.80. The van der Waals surface area contributed by atoms with Crippen LogP contribution in [0.3, 0.4) is 0 Å². The molecule has 0 amide bonds. The van der Waals surface area contributed by atoms with Gasteiger partial charge in [0.15, 0.2) is 0 Å². The summed E-state index contributed by atoms with van der Waals surface area (Å²) in [6, 6.07) is 52.5. The molecule has 2 heterocycles. The molecule has 67 heavy (non-hydrogen) atoms. The van der Waals surface area contributed by atoms with Crippen molar-refractivity contribution in [2.45, 2.75) is 58.3 Å². The van der Waals surface area contributed by atoms with Gasteiger partial charge in [0.2, 0.25) is 11.8 Å². The van der Waals surface area contributed by atoms with Crippen LogP contribution in [0.5, 0.6) is 11.5 Å². The number of aryl methyl sites for hydroxylation is 2. The van der Waals surface area contributed by atoms with E-state index in [4.69, 9.17) is 18.3 Å². The molecular formula is C55H54N4O8. The number of carbonyl (C=O) groups is 2. The lowest BCUT2D eigenvalue weighted by atomic mass is 9.92. The van der Waals surface area contributed by atoms with E-state index in [1.54, 1.807) is 6.92 Å². The Morgan fingerprint density at radius 2 is 1.00 bits per heavy atom. The van der Waals surface area contributed by atoms with Crippen LogP contribution in [0.1, 0.15) is 58.1 Å². The van der Waals surface area contributed by atoms with E-state index >= 15 is 0 Å². The molecule has 8 aromatic rings. The zero-order valence-corrected chi connectivity index (χ0v) is 37.7. The van der Waals surface area contributed by atoms with Gasteiger partial charge in [0, 0.05) is 37.1 Å². The minimum absolute atomic E-state index is 0.415. The highest BCUT2D eigenvalue weighted by molar-refractivity contribution is 5.80. The van der Waals surface area contributed by atoms with E-state index in [9.17, 15) is 19.8 Å². The van der Waals surface area contributed by atoms with Gasteiger partial charge >= 0.3 is 11.9 Å². The maximum atomic E-state index is 11.9. The number of nitrogens with zero attached hydrogens (tertiary/aromatic N) is 2. The Bertz CT molecular complexity index is 2780. The third-order valence-corrected chi connectivity index (χ3v) is 11.2. The molecule has 0 fully saturated rings. The molecule has 0 bridgehead atoms. The predicted octanol–water partition coefficient (Wildman–Crippen LogP) is 10.5. The van der Waals surface area contributed by atoms with Gasteiger partial charge in [-0.25, -0.2) is 14.8 Å². The summed E-state index contributed by atoms with van der Waals surface area (Å²) in [6.45, 7) is 7.31. The van der Waals surface area contributed by atoms with Gasteiger partial charge < -0.3 is 28.5 Å². The van der Waals surface area contributed by atoms with Crippen LogP contribution in [0.4, 0.5) is 0 Å². The first kappa shape index (κ1) is 47.2. The van der Waals surface area contributed by atoms with E-state index in [-0.39, 0.29) is 0 Å². The summed E-state index contributed by atoms with van der Waals surface area (Å²) in [5.41, 5.74) is 5.88. The molecule has 12 nitrogen and oxygen atoms in total. The van der Waals surface area contributed by atoms with E-state index in [2.05, 4.69) is 20.6 Å². The summed E-state index contributed by atoms with van der Waals surface area (Å²) in [5, 5.41) is 25.6. The maximum absolute atomic E-state index is 11.9. The number of rotatable bonds is 20. The van der Waals surface area contributed by atoms with Gasteiger partial charge in [-0.1, -0.05) is 121 Å². The van der Waals surface area contributed by atoms with Gasteiger partial charge in [0.25, 0.3) is 0 Å². The summed E-state index contributed by atoms with van der Waals surface area (Å²) < 4.78 is 23.4. The summed E-state index contributed by atoms with van der Waals surface area (Å²) in [5.74, 6) is 2.51. The zero-order valence-electron chi connectivity index (χ0n) is 37.7. The topological polar surface area (TPSA) is 169 Å². The van der Waals surface area contributed by atoms with Gasteiger partial charge in [-0.05, 0) is 91.6 Å². The molecule has 2 unspecified atom stereocenters. The lowest BCUT2D eigenvalue weighted by molar-refractivity contribution is -0.144. The largest absolute Gasteiger partial charge is 0.493 e. The van der Waals surface area contributed by atoms with Gasteiger partial charge in [0.1, 0.15) is 34.6 Å². The number of carboxylic acids is 2. The van der Waals surface area contributed by atoms with Crippen molar-refractivity contribution in [3.8, 4) is 34.4 Å². The van der Waals surface area contributed by atoms with E-state index in [0.29, 0.717) is 56.5 Å². The minimum atomic E-state index is -1.18. The van der Waals surface area contributed by atoms with Crippen LogP contribution in [0.2, 0.25) is 0 Å². The highest BCUT2D eigenvalue weighted by Gasteiger charge is 2.34. The van der Waals surface area contributed by atoms with E-state index < -0.39 is 23.5 Å². The summed E-state index contributed by atoms with van der Waals surface area (Å²) in [4.78, 5) is 32.8. The first-order valence-electron chi connectivity index (χ1n) is 22.1. The molecule has 0 saturated heterocycles. The van der Waals surface area contributed by atoms with Crippen molar-refractivity contribution >= 4 is 11.9 Å². The van der Waals surface area contributed by atoms with Crippen molar-refractivity contribution in [3.63, 3.8) is 0 Å². The molecule has 2 atom stereocenters. The molecule has 0 radical (unpaired) electrons. The Balaban J connectivity index is 0.000000199. The van der Waals surface area contributed by atoms with Crippen molar-refractivity contribution in [2.24, 2.45) is 0 Å². The SMILES string of the molecule is Cc1oc(-c2ccccc2)nc1CCOc1ccc(CNC(C(=O)O)c2ccccc2)cc1.Cc1oc(-c2ccccc2)nc1CCOc1ccc(CNC(C)(C(=O)O)c2ccccc2)cc1. The summed E-state index contributed by atoms with van der Waals surface area (Å²) in [7, 11) is 0. The second kappa shape index (κ2) is 22.9. The average molecular weight is 899 g/mol. The number of ether oxygens (including phenoxy) is 2. The van der Waals surface area contributed by atoms with Gasteiger partial charge in [0.05, 0.1) is 24.6 Å². The third-order valence-electron chi connectivity index (χ3n) is 11.2. The Kier molecular flexibility index (Phi) is 16.1. The zero-order chi connectivity index (χ0) is 47.0. The fourth-order valence-electron chi connectivity index (χ4n) is 7.23. The fraction of sp³-hybridized carbons (Fsp3) is 0.200. The van der Waals surface area contributed by atoms with Crippen LogP contribution in [0, 0.1) is 13.8 Å². The van der Waals surface area contributed by atoms with Crippen LogP contribution in [0.15, 0.2) is 179 Å². The first-order chi connectivity index (χ1) is 32.6. The van der Waals surface area contributed by atoms with Crippen LogP contribution in [-0.4, -0.2) is 45.3 Å². The van der Waals surface area contributed by atoms with Crippen molar-refractivity contribution in [1.29, 1.82) is 0 Å². The summed E-state index contributed by atoms with van der Waals surface area (Å²) >= 11 is 0. The quantitative estimate of drug-likeness (QED) is 0.0572. The maximum Gasteiger partial charge on any atom is 0.328 e. The smallest absolute Gasteiger partial charge is 0.328 e. The van der Waals surface area contributed by atoms with Crippen LogP contribution < -0.4 is 20.1 Å². The second-order valence-corrected chi connectivity index (χ2v) is 16.0. The van der Waals surface area contributed by atoms with Crippen LogP contribution >= 0.6 is 0 Å². The Morgan fingerprint density at radius 1 is 0.582 bits per heavy atom. The molecule has 342 valence electrons. The average Bonchev–Trinajstić information content (AvgIpc) is 3.93. The number of hydrogen-bond acceptors (Lipinski definition) is 10. The molecule has 0 saturated carbocycles. The Morgan fingerprint density at radius 3 is 1.43 bits per heavy atom. The van der Waals surface area contributed by atoms with Crippen LogP contribution in [0.25, 0.3) is 22.9 Å². The number of aliphatic carboxylic acids is 2. The van der Waals surface area contributed by atoms with Gasteiger partial charge in [-0.2, -0.15) is 0 Å².